The van der Waals surface area contributed by atoms with Gasteiger partial charge in [0, 0.05) is 12.8 Å². The molecule has 1 fully saturated rings. The fraction of sp³-hybridized carbons (Fsp3) is 0.818. The molecule has 4 nitrogen and oxygen atoms in total. The van der Waals surface area contributed by atoms with Gasteiger partial charge in [-0.1, -0.05) is 13.8 Å². The summed E-state index contributed by atoms with van der Waals surface area (Å²) in [6, 6.07) is 0. The molecular weight excluding hydrogens is 190 g/mol. The minimum absolute atomic E-state index is 0.511. The Hall–Kier alpha value is -0.900. The number of aromatic nitrogens is 3. The largest absolute Gasteiger partial charge is 0.388 e. The van der Waals surface area contributed by atoms with Gasteiger partial charge in [-0.3, -0.25) is 0 Å². The summed E-state index contributed by atoms with van der Waals surface area (Å²) in [6.07, 6.45) is 4.67. The second-order valence-corrected chi connectivity index (χ2v) is 4.39. The lowest BCUT2D eigenvalue weighted by Gasteiger charge is -2.36. The molecule has 0 amide bonds. The molecule has 84 valence electrons. The maximum Gasteiger partial charge on any atom is 0.150 e. The Morgan fingerprint density at radius 3 is 2.53 bits per heavy atom. The predicted molar refractivity (Wildman–Crippen MR) is 57.6 cm³/mol. The number of rotatable bonds is 4. The Kier molecular flexibility index (Phi) is 2.78. The van der Waals surface area contributed by atoms with Crippen molar-refractivity contribution in [3.8, 4) is 0 Å². The second kappa shape index (κ2) is 3.93. The maximum atomic E-state index is 10.1. The van der Waals surface area contributed by atoms with Crippen LogP contribution in [0.1, 0.15) is 44.8 Å². The van der Waals surface area contributed by atoms with Crippen molar-refractivity contribution in [1.29, 1.82) is 0 Å². The highest BCUT2D eigenvalue weighted by Gasteiger charge is 2.35. The smallest absolute Gasteiger partial charge is 0.150 e. The average Bonchev–Trinajstić information content (AvgIpc) is 2.58. The fourth-order valence-electron chi connectivity index (χ4n) is 1.99. The lowest BCUT2D eigenvalue weighted by molar-refractivity contribution is -0.0505. The molecule has 1 aliphatic carbocycles. The zero-order valence-corrected chi connectivity index (χ0v) is 9.53. The molecule has 2 rings (SSSR count). The summed E-state index contributed by atoms with van der Waals surface area (Å²) in [5.41, 5.74) is -0.511. The molecule has 1 aliphatic rings. The van der Waals surface area contributed by atoms with Crippen molar-refractivity contribution in [3.05, 3.63) is 11.6 Å². The molecule has 0 atom stereocenters. The molecule has 0 saturated heterocycles. The van der Waals surface area contributed by atoms with Gasteiger partial charge in [-0.05, 0) is 19.3 Å². The van der Waals surface area contributed by atoms with Crippen molar-refractivity contribution in [2.24, 2.45) is 0 Å². The van der Waals surface area contributed by atoms with Gasteiger partial charge in [0.25, 0.3) is 0 Å². The van der Waals surface area contributed by atoms with E-state index in [0.717, 1.165) is 43.8 Å². The third-order valence-electron chi connectivity index (χ3n) is 3.15. The van der Waals surface area contributed by atoms with Gasteiger partial charge in [0.1, 0.15) is 5.82 Å². The van der Waals surface area contributed by atoms with Crippen LogP contribution in [0.2, 0.25) is 0 Å². The molecule has 1 aromatic rings. The summed E-state index contributed by atoms with van der Waals surface area (Å²) in [5, 5.41) is 14.5. The van der Waals surface area contributed by atoms with Crippen molar-refractivity contribution in [2.75, 3.05) is 0 Å². The Labute approximate surface area is 90.3 Å². The molecule has 0 bridgehead atoms. The highest BCUT2D eigenvalue weighted by atomic mass is 16.3. The lowest BCUT2D eigenvalue weighted by atomic mass is 9.80. The van der Waals surface area contributed by atoms with Gasteiger partial charge < -0.3 is 5.11 Å². The summed E-state index contributed by atoms with van der Waals surface area (Å²) in [4.78, 5) is 4.43. The van der Waals surface area contributed by atoms with Gasteiger partial charge >= 0.3 is 0 Å². The first-order chi connectivity index (χ1) is 7.17. The molecule has 0 aromatic carbocycles. The Balaban J connectivity index is 2.15. The second-order valence-electron chi connectivity index (χ2n) is 4.39. The third kappa shape index (κ3) is 2.04. The zero-order valence-electron chi connectivity index (χ0n) is 9.53. The quantitative estimate of drug-likeness (QED) is 0.813. The molecule has 1 N–H and O–H groups in total. The Morgan fingerprint density at radius 2 is 2.07 bits per heavy atom. The van der Waals surface area contributed by atoms with Crippen LogP contribution < -0.4 is 0 Å². The highest BCUT2D eigenvalue weighted by Crippen LogP contribution is 2.33. The van der Waals surface area contributed by atoms with E-state index in [0.29, 0.717) is 6.54 Å². The molecule has 4 heteroatoms. The molecule has 0 radical (unpaired) electrons. The van der Waals surface area contributed by atoms with Gasteiger partial charge in [-0.25, -0.2) is 9.67 Å². The van der Waals surface area contributed by atoms with Gasteiger partial charge in [-0.2, -0.15) is 5.10 Å². The molecule has 1 heterocycles. The minimum atomic E-state index is -0.511. The molecule has 1 aromatic heterocycles. The van der Waals surface area contributed by atoms with Crippen molar-refractivity contribution >= 4 is 0 Å². The van der Waals surface area contributed by atoms with Crippen molar-refractivity contribution in [1.82, 2.24) is 14.8 Å². The molecular formula is C11H19N3O. The summed E-state index contributed by atoms with van der Waals surface area (Å²) in [6.45, 7) is 4.74. The summed E-state index contributed by atoms with van der Waals surface area (Å²) >= 11 is 0. The van der Waals surface area contributed by atoms with E-state index in [1.54, 1.807) is 0 Å². The lowest BCUT2D eigenvalue weighted by Crippen LogP contribution is -2.41. The van der Waals surface area contributed by atoms with Crippen LogP contribution in [-0.2, 0) is 19.4 Å². The van der Waals surface area contributed by atoms with E-state index < -0.39 is 5.60 Å². The van der Waals surface area contributed by atoms with Crippen molar-refractivity contribution in [2.45, 2.75) is 58.1 Å². The van der Waals surface area contributed by atoms with Crippen molar-refractivity contribution in [3.63, 3.8) is 0 Å². The zero-order chi connectivity index (χ0) is 10.9. The molecule has 1 saturated carbocycles. The van der Waals surface area contributed by atoms with Gasteiger partial charge in [0.15, 0.2) is 5.82 Å². The summed E-state index contributed by atoms with van der Waals surface area (Å²) in [7, 11) is 0. The Bertz CT molecular complexity index is 342. The SMILES string of the molecule is CCc1nc(CC)n(CC2(O)CCC2)n1. The monoisotopic (exact) mass is 209 g/mol. The normalized spacial score (nSPS) is 18.9. The number of aryl methyl sites for hydroxylation is 2. The van der Waals surface area contributed by atoms with Crippen LogP contribution in [0.3, 0.4) is 0 Å². The van der Waals surface area contributed by atoms with E-state index in [4.69, 9.17) is 0 Å². The van der Waals surface area contributed by atoms with E-state index in [1.807, 2.05) is 4.68 Å². The van der Waals surface area contributed by atoms with Crippen LogP contribution in [0.4, 0.5) is 0 Å². The third-order valence-corrected chi connectivity index (χ3v) is 3.15. The molecule has 0 spiro atoms. The molecule has 0 aliphatic heterocycles. The maximum absolute atomic E-state index is 10.1. The standard InChI is InChI=1S/C11H19N3O/c1-3-9-12-10(4-2)14(13-9)8-11(15)6-5-7-11/h15H,3-8H2,1-2H3. The van der Waals surface area contributed by atoms with Gasteiger partial charge in [0.05, 0.1) is 12.1 Å². The first-order valence-electron chi connectivity index (χ1n) is 5.82. The number of hydrogen-bond donors (Lipinski definition) is 1. The van der Waals surface area contributed by atoms with E-state index in [1.165, 1.54) is 0 Å². The van der Waals surface area contributed by atoms with Crippen molar-refractivity contribution < 1.29 is 5.11 Å². The minimum Gasteiger partial charge on any atom is -0.388 e. The number of nitrogens with zero attached hydrogens (tertiary/aromatic N) is 3. The predicted octanol–water partition coefficient (Wildman–Crippen LogP) is 1.32. The van der Waals surface area contributed by atoms with E-state index in [2.05, 4.69) is 23.9 Å². The fourth-order valence-corrected chi connectivity index (χ4v) is 1.99. The van der Waals surface area contributed by atoms with Crippen LogP contribution in [0.25, 0.3) is 0 Å². The molecule has 0 unspecified atom stereocenters. The molecule has 15 heavy (non-hydrogen) atoms. The Morgan fingerprint density at radius 1 is 1.33 bits per heavy atom. The first-order valence-corrected chi connectivity index (χ1v) is 5.82. The van der Waals surface area contributed by atoms with Crippen LogP contribution in [-0.4, -0.2) is 25.5 Å². The topological polar surface area (TPSA) is 50.9 Å². The van der Waals surface area contributed by atoms with Crippen LogP contribution in [0.5, 0.6) is 0 Å². The number of hydrogen-bond acceptors (Lipinski definition) is 3. The summed E-state index contributed by atoms with van der Waals surface area (Å²) in [5.74, 6) is 1.88. The van der Waals surface area contributed by atoms with Crippen LogP contribution in [0, 0.1) is 0 Å². The first kappa shape index (κ1) is 10.6. The van der Waals surface area contributed by atoms with E-state index in [-0.39, 0.29) is 0 Å². The summed E-state index contributed by atoms with van der Waals surface area (Å²) < 4.78 is 1.89. The number of aliphatic hydroxyl groups is 1. The highest BCUT2D eigenvalue weighted by molar-refractivity contribution is 4.96. The van der Waals surface area contributed by atoms with Gasteiger partial charge in [-0.15, -0.1) is 0 Å². The van der Waals surface area contributed by atoms with E-state index >= 15 is 0 Å². The average molecular weight is 209 g/mol. The van der Waals surface area contributed by atoms with Crippen LogP contribution in [0.15, 0.2) is 0 Å². The van der Waals surface area contributed by atoms with Crippen LogP contribution >= 0.6 is 0 Å². The van der Waals surface area contributed by atoms with E-state index in [9.17, 15) is 5.11 Å². The van der Waals surface area contributed by atoms with Gasteiger partial charge in [0.2, 0.25) is 0 Å².